The second-order valence-electron chi connectivity index (χ2n) is 9.69. The number of ether oxygens (including phenoxy) is 2. The van der Waals surface area contributed by atoms with Gasteiger partial charge in [0.1, 0.15) is 31.8 Å². The molecule has 2 aromatic rings. The summed E-state index contributed by atoms with van der Waals surface area (Å²) in [6.07, 6.45) is -3.19. The topological polar surface area (TPSA) is 163 Å². The van der Waals surface area contributed by atoms with E-state index < -0.39 is 54.6 Å². The summed E-state index contributed by atoms with van der Waals surface area (Å²) in [6, 6.07) is 15.8. The van der Waals surface area contributed by atoms with Gasteiger partial charge in [0.2, 0.25) is 17.6 Å². The Morgan fingerprint density at radius 1 is 0.925 bits per heavy atom. The van der Waals surface area contributed by atoms with Crippen LogP contribution < -0.4 is 16.0 Å². The number of amides is 4. The molecule has 1 aliphatic rings. The highest BCUT2D eigenvalue weighted by atomic mass is 16.6. The number of hydrogen-bond acceptors (Lipinski definition) is 8. The van der Waals surface area contributed by atoms with E-state index in [1.807, 2.05) is 26.0 Å². The molecule has 40 heavy (non-hydrogen) atoms. The average Bonchev–Trinajstić information content (AvgIpc) is 3.22. The zero-order valence-electron chi connectivity index (χ0n) is 22.4. The molecule has 1 aliphatic heterocycles. The smallest absolute Gasteiger partial charge is 0.408 e. The van der Waals surface area contributed by atoms with Gasteiger partial charge >= 0.3 is 12.2 Å². The van der Waals surface area contributed by atoms with Gasteiger partial charge < -0.3 is 35.4 Å². The Labute approximate surface area is 232 Å². The van der Waals surface area contributed by atoms with E-state index in [0.29, 0.717) is 0 Å². The first kappa shape index (κ1) is 30.1. The Hall–Kier alpha value is -4.45. The molecule has 12 heteroatoms. The number of Topliss-reactive ketones (excluding diaryl/α,β-unsaturated/α-hetero) is 1. The molecule has 4 amide bonds. The van der Waals surface area contributed by atoms with Gasteiger partial charge in [-0.2, -0.15) is 0 Å². The number of ketones is 1. The number of aliphatic hydroxyl groups is 1. The number of hydrogen-bond donors (Lipinski definition) is 4. The summed E-state index contributed by atoms with van der Waals surface area (Å²) >= 11 is 0. The minimum absolute atomic E-state index is 0.00513. The van der Waals surface area contributed by atoms with E-state index in [9.17, 15) is 29.1 Å². The van der Waals surface area contributed by atoms with Gasteiger partial charge in [0.25, 0.3) is 0 Å². The molecular weight excluding hydrogens is 520 g/mol. The number of nitrogens with zero attached hydrogens (tertiary/aromatic N) is 1. The van der Waals surface area contributed by atoms with E-state index in [1.165, 1.54) is 0 Å². The predicted molar refractivity (Wildman–Crippen MR) is 142 cm³/mol. The lowest BCUT2D eigenvalue weighted by atomic mass is 10.0. The van der Waals surface area contributed by atoms with Crippen molar-refractivity contribution in [2.24, 2.45) is 5.92 Å². The molecule has 0 aromatic heterocycles. The molecule has 1 fully saturated rings. The Kier molecular flexibility index (Phi) is 11.0. The molecule has 0 aliphatic carbocycles. The van der Waals surface area contributed by atoms with Crippen LogP contribution in [-0.4, -0.2) is 71.2 Å². The highest BCUT2D eigenvalue weighted by molar-refractivity contribution is 5.99. The third-order valence-electron chi connectivity index (χ3n) is 6.03. The van der Waals surface area contributed by atoms with E-state index >= 15 is 0 Å². The minimum atomic E-state index is -1.80. The molecule has 4 N–H and O–H groups in total. The Bertz CT molecular complexity index is 1180. The van der Waals surface area contributed by atoms with Crippen LogP contribution in [0.15, 0.2) is 60.7 Å². The predicted octanol–water partition coefficient (Wildman–Crippen LogP) is 1.47. The second kappa shape index (κ2) is 14.6. The first-order valence-electron chi connectivity index (χ1n) is 12.9. The standard InChI is InChI=1S/C28H34N4O8/c1-18(2)13-21(31-28(38)40-17-20-11-7-4-8-12-20)25(35)30-22-15-32(26(36)24(22)34)23(33)14-29-27(37)39-16-19-9-5-3-6-10-19/h3-12,18,21-22,26,36H,13-17H2,1-2H3,(H,29,37)(H,30,35)(H,31,38)/t21-,22?,26?/m0/s1. The number of benzene rings is 2. The number of carbonyl (C=O) groups excluding carboxylic acids is 5. The lowest BCUT2D eigenvalue weighted by molar-refractivity contribution is -0.143. The molecule has 0 saturated carbocycles. The van der Waals surface area contributed by atoms with Gasteiger partial charge in [0.05, 0.1) is 6.54 Å². The van der Waals surface area contributed by atoms with Crippen LogP contribution >= 0.6 is 0 Å². The summed E-state index contributed by atoms with van der Waals surface area (Å²) in [5.74, 6) is -2.17. The highest BCUT2D eigenvalue weighted by Gasteiger charge is 2.43. The van der Waals surface area contributed by atoms with Crippen molar-refractivity contribution in [3.05, 3.63) is 71.8 Å². The second-order valence-corrected chi connectivity index (χ2v) is 9.69. The number of nitrogens with one attached hydrogen (secondary N) is 3. The molecule has 3 atom stereocenters. The summed E-state index contributed by atoms with van der Waals surface area (Å²) in [5, 5.41) is 17.6. The van der Waals surface area contributed by atoms with Crippen LogP contribution in [0, 0.1) is 5.92 Å². The molecule has 1 saturated heterocycles. The molecular formula is C28H34N4O8. The first-order chi connectivity index (χ1) is 19.1. The fourth-order valence-electron chi connectivity index (χ4n) is 3.98. The number of likely N-dealkylation sites (tertiary alicyclic amines) is 1. The van der Waals surface area contributed by atoms with Crippen molar-refractivity contribution in [2.75, 3.05) is 13.1 Å². The van der Waals surface area contributed by atoms with Crippen molar-refractivity contribution in [1.82, 2.24) is 20.9 Å². The average molecular weight is 555 g/mol. The molecule has 1 heterocycles. The van der Waals surface area contributed by atoms with Gasteiger partial charge in [0, 0.05) is 0 Å². The first-order valence-corrected chi connectivity index (χ1v) is 12.9. The summed E-state index contributed by atoms with van der Waals surface area (Å²) in [5.41, 5.74) is 1.54. The lowest BCUT2D eigenvalue weighted by Crippen LogP contribution is -2.52. The van der Waals surface area contributed by atoms with Crippen LogP contribution in [0.1, 0.15) is 31.4 Å². The zero-order chi connectivity index (χ0) is 29.1. The van der Waals surface area contributed by atoms with Gasteiger partial charge in [-0.15, -0.1) is 0 Å². The van der Waals surface area contributed by atoms with Gasteiger partial charge in [-0.3, -0.25) is 14.4 Å². The van der Waals surface area contributed by atoms with Crippen LogP contribution in [-0.2, 0) is 37.1 Å². The summed E-state index contributed by atoms with van der Waals surface area (Å²) in [4.78, 5) is 63.3. The Morgan fingerprint density at radius 3 is 2.02 bits per heavy atom. The van der Waals surface area contributed by atoms with Gasteiger partial charge in [-0.25, -0.2) is 9.59 Å². The van der Waals surface area contributed by atoms with Gasteiger partial charge in [-0.05, 0) is 23.5 Å². The van der Waals surface area contributed by atoms with Crippen LogP contribution in [0.4, 0.5) is 9.59 Å². The van der Waals surface area contributed by atoms with Crippen molar-refractivity contribution in [2.45, 2.75) is 51.8 Å². The van der Waals surface area contributed by atoms with Crippen molar-refractivity contribution < 1.29 is 38.6 Å². The number of alkyl carbamates (subject to hydrolysis) is 2. The van der Waals surface area contributed by atoms with Crippen LogP contribution in [0.5, 0.6) is 0 Å². The lowest BCUT2D eigenvalue weighted by Gasteiger charge is -2.22. The highest BCUT2D eigenvalue weighted by Crippen LogP contribution is 2.14. The van der Waals surface area contributed by atoms with Crippen LogP contribution in [0.3, 0.4) is 0 Å². The SMILES string of the molecule is CC(C)C[C@H](NC(=O)OCc1ccccc1)C(=O)NC1CN(C(=O)CNC(=O)OCc2ccccc2)C(O)C1=O. The summed E-state index contributed by atoms with van der Waals surface area (Å²) in [7, 11) is 0. The van der Waals surface area contributed by atoms with E-state index in [2.05, 4.69) is 16.0 Å². The Morgan fingerprint density at radius 2 is 1.48 bits per heavy atom. The molecule has 0 radical (unpaired) electrons. The third kappa shape index (κ3) is 9.09. The maximum Gasteiger partial charge on any atom is 0.408 e. The molecule has 214 valence electrons. The third-order valence-corrected chi connectivity index (χ3v) is 6.03. The maximum absolute atomic E-state index is 13.0. The quantitative estimate of drug-likeness (QED) is 0.324. The number of carbonyl (C=O) groups is 5. The monoisotopic (exact) mass is 554 g/mol. The van der Waals surface area contributed by atoms with Crippen LogP contribution in [0.2, 0.25) is 0 Å². The van der Waals surface area contributed by atoms with Crippen molar-refractivity contribution in [1.29, 1.82) is 0 Å². The maximum atomic E-state index is 13.0. The largest absolute Gasteiger partial charge is 0.445 e. The molecule has 2 unspecified atom stereocenters. The molecule has 0 bridgehead atoms. The van der Waals surface area contributed by atoms with E-state index in [-0.39, 0.29) is 32.1 Å². The summed E-state index contributed by atoms with van der Waals surface area (Å²) in [6.45, 7) is 2.91. The normalized spacial score (nSPS) is 17.2. The van der Waals surface area contributed by atoms with Gasteiger partial charge in [0.15, 0.2) is 6.23 Å². The van der Waals surface area contributed by atoms with E-state index in [4.69, 9.17) is 9.47 Å². The fourth-order valence-corrected chi connectivity index (χ4v) is 3.98. The minimum Gasteiger partial charge on any atom is -0.445 e. The van der Waals surface area contributed by atoms with E-state index in [1.54, 1.807) is 48.5 Å². The zero-order valence-corrected chi connectivity index (χ0v) is 22.4. The number of rotatable bonds is 11. The fraction of sp³-hybridized carbons (Fsp3) is 0.393. The van der Waals surface area contributed by atoms with Crippen LogP contribution in [0.25, 0.3) is 0 Å². The van der Waals surface area contributed by atoms with E-state index in [0.717, 1.165) is 16.0 Å². The summed E-state index contributed by atoms with van der Waals surface area (Å²) < 4.78 is 10.2. The number of aliphatic hydroxyl groups excluding tert-OH is 1. The molecule has 3 rings (SSSR count). The Balaban J connectivity index is 1.49. The molecule has 0 spiro atoms. The van der Waals surface area contributed by atoms with Gasteiger partial charge in [-0.1, -0.05) is 74.5 Å². The van der Waals surface area contributed by atoms with Crippen molar-refractivity contribution >= 4 is 29.8 Å². The van der Waals surface area contributed by atoms with Crippen molar-refractivity contribution in [3.63, 3.8) is 0 Å². The van der Waals surface area contributed by atoms with Crippen molar-refractivity contribution in [3.8, 4) is 0 Å². The molecule has 12 nitrogen and oxygen atoms in total. The molecule has 2 aromatic carbocycles.